The first-order chi connectivity index (χ1) is 9.32. The minimum Gasteiger partial charge on any atom is -0.384 e. The van der Waals surface area contributed by atoms with Crippen LogP contribution in [0.3, 0.4) is 0 Å². The van der Waals surface area contributed by atoms with Gasteiger partial charge in [0, 0.05) is 37.5 Å². The molecule has 3 nitrogen and oxygen atoms in total. The average Bonchev–Trinajstić information content (AvgIpc) is 3.02. The lowest BCUT2D eigenvalue weighted by Gasteiger charge is -2.44. The second kappa shape index (κ2) is 5.92. The molecule has 2 fully saturated rings. The highest BCUT2D eigenvalue weighted by atomic mass is 32.1. The number of morpholine rings is 1. The Labute approximate surface area is 119 Å². The summed E-state index contributed by atoms with van der Waals surface area (Å²) in [4.78, 5) is 4.02. The van der Waals surface area contributed by atoms with Crippen molar-refractivity contribution in [2.45, 2.75) is 31.4 Å². The van der Waals surface area contributed by atoms with E-state index in [1.807, 2.05) is 11.3 Å². The van der Waals surface area contributed by atoms with Crippen LogP contribution in [0.15, 0.2) is 17.5 Å². The van der Waals surface area contributed by atoms with Crippen LogP contribution in [0.4, 0.5) is 0 Å². The predicted molar refractivity (Wildman–Crippen MR) is 77.5 cm³/mol. The van der Waals surface area contributed by atoms with Gasteiger partial charge in [0.05, 0.1) is 18.8 Å². The molecule has 1 saturated carbocycles. The van der Waals surface area contributed by atoms with Crippen molar-refractivity contribution in [2.75, 3.05) is 33.4 Å². The zero-order chi connectivity index (χ0) is 13.1. The molecule has 2 aliphatic rings. The standard InChI is InChI=1S/C15H23NO2S/c1-17-11-13-4-2-6-15(13)12-16(7-8-18-15)10-14-5-3-9-19-14/h3,5,9,13H,2,4,6-8,10-12H2,1H3/t13-,15+/m0/s1. The van der Waals surface area contributed by atoms with E-state index in [0.717, 1.165) is 32.8 Å². The Hall–Kier alpha value is -0.420. The summed E-state index contributed by atoms with van der Waals surface area (Å²) >= 11 is 1.85. The number of nitrogens with zero attached hydrogens (tertiary/aromatic N) is 1. The maximum absolute atomic E-state index is 6.22. The summed E-state index contributed by atoms with van der Waals surface area (Å²) in [5.74, 6) is 0.573. The van der Waals surface area contributed by atoms with Crippen LogP contribution in [0.5, 0.6) is 0 Å². The van der Waals surface area contributed by atoms with Crippen molar-refractivity contribution in [3.63, 3.8) is 0 Å². The minimum absolute atomic E-state index is 0.0610. The molecule has 0 radical (unpaired) electrons. The summed E-state index contributed by atoms with van der Waals surface area (Å²) in [6, 6.07) is 4.37. The molecule has 1 aliphatic carbocycles. The topological polar surface area (TPSA) is 21.7 Å². The van der Waals surface area contributed by atoms with Gasteiger partial charge < -0.3 is 9.47 Å². The summed E-state index contributed by atoms with van der Waals surface area (Å²) in [5, 5.41) is 2.16. The fourth-order valence-corrected chi connectivity index (χ4v) is 4.33. The number of ether oxygens (including phenoxy) is 2. The van der Waals surface area contributed by atoms with Gasteiger partial charge in [0.25, 0.3) is 0 Å². The van der Waals surface area contributed by atoms with E-state index in [0.29, 0.717) is 5.92 Å². The molecule has 4 heteroatoms. The molecule has 1 aromatic rings. The van der Waals surface area contributed by atoms with E-state index in [-0.39, 0.29) is 5.60 Å². The SMILES string of the molecule is COC[C@@H]1CCC[C@@]12CN(Cc1cccs1)CCO2. The Morgan fingerprint density at radius 2 is 2.53 bits per heavy atom. The zero-order valence-electron chi connectivity index (χ0n) is 11.6. The average molecular weight is 281 g/mol. The van der Waals surface area contributed by atoms with E-state index in [1.54, 1.807) is 7.11 Å². The van der Waals surface area contributed by atoms with Gasteiger partial charge in [-0.25, -0.2) is 0 Å². The van der Waals surface area contributed by atoms with E-state index >= 15 is 0 Å². The van der Waals surface area contributed by atoms with Crippen LogP contribution in [0, 0.1) is 5.92 Å². The molecule has 1 spiro atoms. The van der Waals surface area contributed by atoms with Gasteiger partial charge in [0.2, 0.25) is 0 Å². The molecule has 1 aromatic heterocycles. The van der Waals surface area contributed by atoms with Crippen LogP contribution in [0.2, 0.25) is 0 Å². The first-order valence-corrected chi connectivity index (χ1v) is 8.08. The molecule has 2 heterocycles. The van der Waals surface area contributed by atoms with Gasteiger partial charge in [-0.15, -0.1) is 11.3 Å². The Balaban J connectivity index is 1.66. The van der Waals surface area contributed by atoms with Crippen molar-refractivity contribution in [1.29, 1.82) is 0 Å². The van der Waals surface area contributed by atoms with Crippen LogP contribution < -0.4 is 0 Å². The maximum atomic E-state index is 6.22. The molecule has 19 heavy (non-hydrogen) atoms. The van der Waals surface area contributed by atoms with Crippen LogP contribution in [-0.4, -0.2) is 43.9 Å². The summed E-state index contributed by atoms with van der Waals surface area (Å²) in [6.45, 7) is 4.90. The van der Waals surface area contributed by atoms with Crippen molar-refractivity contribution < 1.29 is 9.47 Å². The van der Waals surface area contributed by atoms with Crippen LogP contribution in [-0.2, 0) is 16.0 Å². The van der Waals surface area contributed by atoms with Gasteiger partial charge >= 0.3 is 0 Å². The molecule has 0 bridgehead atoms. The summed E-state index contributed by atoms with van der Waals surface area (Å²) in [6.07, 6.45) is 3.73. The molecule has 0 amide bonds. The third-order valence-corrected chi connectivity index (χ3v) is 5.37. The zero-order valence-corrected chi connectivity index (χ0v) is 12.5. The van der Waals surface area contributed by atoms with Crippen molar-refractivity contribution in [3.05, 3.63) is 22.4 Å². The lowest BCUT2D eigenvalue weighted by atomic mass is 9.89. The molecule has 3 rings (SSSR count). The highest BCUT2D eigenvalue weighted by molar-refractivity contribution is 7.09. The highest BCUT2D eigenvalue weighted by Gasteiger charge is 2.46. The second-order valence-corrected chi connectivity index (χ2v) is 6.78. The van der Waals surface area contributed by atoms with Crippen molar-refractivity contribution in [1.82, 2.24) is 4.90 Å². The lowest BCUT2D eigenvalue weighted by molar-refractivity contribution is -0.141. The first-order valence-electron chi connectivity index (χ1n) is 7.20. The highest BCUT2D eigenvalue weighted by Crippen LogP contribution is 2.41. The molecule has 1 aliphatic heterocycles. The number of hydrogen-bond acceptors (Lipinski definition) is 4. The van der Waals surface area contributed by atoms with Gasteiger partial charge in [-0.3, -0.25) is 4.90 Å². The molecular weight excluding hydrogens is 258 g/mol. The van der Waals surface area contributed by atoms with E-state index in [4.69, 9.17) is 9.47 Å². The van der Waals surface area contributed by atoms with Crippen LogP contribution in [0.1, 0.15) is 24.1 Å². The van der Waals surface area contributed by atoms with E-state index < -0.39 is 0 Å². The fourth-order valence-electron chi connectivity index (χ4n) is 3.59. The van der Waals surface area contributed by atoms with E-state index in [9.17, 15) is 0 Å². The summed E-state index contributed by atoms with van der Waals surface area (Å²) in [5.41, 5.74) is 0.0610. The van der Waals surface area contributed by atoms with Gasteiger partial charge in [0.15, 0.2) is 0 Å². The third-order valence-electron chi connectivity index (χ3n) is 4.51. The molecule has 2 atom stereocenters. The largest absolute Gasteiger partial charge is 0.384 e. The predicted octanol–water partition coefficient (Wildman–Crippen LogP) is 2.77. The molecule has 0 aromatic carbocycles. The Kier molecular flexibility index (Phi) is 4.22. The van der Waals surface area contributed by atoms with Gasteiger partial charge in [0.1, 0.15) is 0 Å². The number of hydrogen-bond donors (Lipinski definition) is 0. The van der Waals surface area contributed by atoms with Crippen LogP contribution in [0.25, 0.3) is 0 Å². The molecular formula is C15H23NO2S. The number of methoxy groups -OCH3 is 1. The first kappa shape index (κ1) is 13.6. The molecule has 1 saturated heterocycles. The Morgan fingerprint density at radius 3 is 3.32 bits per heavy atom. The number of rotatable bonds is 4. The van der Waals surface area contributed by atoms with Gasteiger partial charge in [-0.2, -0.15) is 0 Å². The smallest absolute Gasteiger partial charge is 0.0859 e. The minimum atomic E-state index is 0.0610. The van der Waals surface area contributed by atoms with Gasteiger partial charge in [-0.1, -0.05) is 12.5 Å². The second-order valence-electron chi connectivity index (χ2n) is 5.75. The van der Waals surface area contributed by atoms with E-state index in [1.165, 1.54) is 24.1 Å². The Bertz CT molecular complexity index is 395. The molecule has 106 valence electrons. The normalized spacial score (nSPS) is 32.2. The lowest BCUT2D eigenvalue weighted by Crippen LogP contribution is -2.54. The maximum Gasteiger partial charge on any atom is 0.0859 e. The summed E-state index contributed by atoms with van der Waals surface area (Å²) < 4.78 is 11.6. The monoisotopic (exact) mass is 281 g/mol. The molecule has 0 N–H and O–H groups in total. The van der Waals surface area contributed by atoms with Crippen LogP contribution >= 0.6 is 11.3 Å². The summed E-state index contributed by atoms with van der Waals surface area (Å²) in [7, 11) is 1.80. The van der Waals surface area contributed by atoms with E-state index in [2.05, 4.69) is 22.4 Å². The quantitative estimate of drug-likeness (QED) is 0.847. The Morgan fingerprint density at radius 1 is 1.58 bits per heavy atom. The molecule has 0 unspecified atom stereocenters. The fraction of sp³-hybridized carbons (Fsp3) is 0.733. The van der Waals surface area contributed by atoms with Crippen molar-refractivity contribution in [2.24, 2.45) is 5.92 Å². The van der Waals surface area contributed by atoms with Crippen molar-refractivity contribution >= 4 is 11.3 Å². The number of thiophene rings is 1. The van der Waals surface area contributed by atoms with Crippen molar-refractivity contribution in [3.8, 4) is 0 Å². The third kappa shape index (κ3) is 2.87. The van der Waals surface area contributed by atoms with Gasteiger partial charge in [-0.05, 0) is 24.3 Å².